The molecule has 1 saturated carbocycles. The quantitative estimate of drug-likeness (QED) is 0.915. The molecule has 2 atom stereocenters. The number of likely N-dealkylation sites (tertiary alicyclic amines) is 1. The van der Waals surface area contributed by atoms with Crippen molar-refractivity contribution in [2.24, 2.45) is 13.0 Å². The fourth-order valence-corrected chi connectivity index (χ4v) is 4.50. The number of nitrogens with zero attached hydrogens (tertiary/aromatic N) is 3. The molecule has 2 fully saturated rings. The van der Waals surface area contributed by atoms with Gasteiger partial charge in [-0.3, -0.25) is 0 Å². The van der Waals surface area contributed by atoms with Crippen molar-refractivity contribution in [3.63, 3.8) is 0 Å². The number of nitrogens with one attached hydrogen (secondary N) is 1. The lowest BCUT2D eigenvalue weighted by Gasteiger charge is -2.37. The minimum absolute atomic E-state index is 0.0630. The zero-order valence-corrected chi connectivity index (χ0v) is 14.8. The van der Waals surface area contributed by atoms with E-state index in [0.29, 0.717) is 5.92 Å². The first-order chi connectivity index (χ1) is 11.7. The zero-order chi connectivity index (χ0) is 16.5. The van der Waals surface area contributed by atoms with E-state index in [-0.39, 0.29) is 18.1 Å². The standard InChI is InChI=1S/C18H24N4OS/c1-21-10-4-6-14(21)15-5-2-3-11-22(15)18(23)20-16(13-7-8-13)17-19-9-12-24-17/h4,6,9-10,12-13,15-16H,2-3,5,7-8,11H2,1H3,(H,20,23)/t15-,16-/m1/s1. The Bertz CT molecular complexity index is 692. The predicted octanol–water partition coefficient (Wildman–Crippen LogP) is 3.87. The predicted molar refractivity (Wildman–Crippen MR) is 94.8 cm³/mol. The average Bonchev–Trinajstić information content (AvgIpc) is 3.11. The molecule has 0 spiro atoms. The monoisotopic (exact) mass is 344 g/mol. The molecule has 128 valence electrons. The minimum Gasteiger partial charge on any atom is -0.353 e. The lowest BCUT2D eigenvalue weighted by Crippen LogP contribution is -2.46. The number of hydrogen-bond acceptors (Lipinski definition) is 3. The fraction of sp³-hybridized carbons (Fsp3) is 0.556. The maximum Gasteiger partial charge on any atom is 0.318 e. The third kappa shape index (κ3) is 3.07. The first-order valence-electron chi connectivity index (χ1n) is 8.82. The highest BCUT2D eigenvalue weighted by molar-refractivity contribution is 7.09. The maximum absolute atomic E-state index is 13.0. The number of carbonyl (C=O) groups is 1. The smallest absolute Gasteiger partial charge is 0.318 e. The number of hydrogen-bond donors (Lipinski definition) is 1. The lowest BCUT2D eigenvalue weighted by molar-refractivity contribution is 0.144. The van der Waals surface area contributed by atoms with Crippen LogP contribution in [0.2, 0.25) is 0 Å². The van der Waals surface area contributed by atoms with Crippen molar-refractivity contribution < 1.29 is 4.79 Å². The van der Waals surface area contributed by atoms with E-state index in [4.69, 9.17) is 0 Å². The van der Waals surface area contributed by atoms with Crippen LogP contribution in [0, 0.1) is 5.92 Å². The molecule has 6 heteroatoms. The van der Waals surface area contributed by atoms with Crippen molar-refractivity contribution in [3.05, 3.63) is 40.6 Å². The van der Waals surface area contributed by atoms with E-state index in [1.165, 1.54) is 25.0 Å². The van der Waals surface area contributed by atoms with Gasteiger partial charge >= 0.3 is 6.03 Å². The second-order valence-electron chi connectivity index (χ2n) is 6.88. The van der Waals surface area contributed by atoms with Gasteiger partial charge in [0.1, 0.15) is 5.01 Å². The molecule has 24 heavy (non-hydrogen) atoms. The van der Waals surface area contributed by atoms with Crippen LogP contribution in [0.1, 0.15) is 54.9 Å². The van der Waals surface area contributed by atoms with Gasteiger partial charge in [0.05, 0.1) is 12.1 Å². The van der Waals surface area contributed by atoms with Crippen LogP contribution >= 0.6 is 11.3 Å². The van der Waals surface area contributed by atoms with Crippen molar-refractivity contribution in [3.8, 4) is 0 Å². The molecule has 1 aliphatic carbocycles. The Morgan fingerprint density at radius 1 is 1.38 bits per heavy atom. The van der Waals surface area contributed by atoms with Crippen LogP contribution < -0.4 is 5.32 Å². The molecule has 0 bridgehead atoms. The second-order valence-corrected chi connectivity index (χ2v) is 7.81. The molecular weight excluding hydrogens is 320 g/mol. The van der Waals surface area contributed by atoms with E-state index in [2.05, 4.69) is 40.2 Å². The highest BCUT2D eigenvalue weighted by atomic mass is 32.1. The van der Waals surface area contributed by atoms with E-state index < -0.39 is 0 Å². The van der Waals surface area contributed by atoms with E-state index in [9.17, 15) is 4.79 Å². The average molecular weight is 344 g/mol. The van der Waals surface area contributed by atoms with Crippen LogP contribution in [0.25, 0.3) is 0 Å². The zero-order valence-electron chi connectivity index (χ0n) is 14.0. The number of aryl methyl sites for hydroxylation is 1. The van der Waals surface area contributed by atoms with Crippen molar-refractivity contribution >= 4 is 17.4 Å². The first-order valence-corrected chi connectivity index (χ1v) is 9.70. The molecule has 1 aliphatic heterocycles. The second kappa shape index (κ2) is 6.59. The number of thiazole rings is 1. The number of rotatable bonds is 4. The molecule has 2 amide bonds. The summed E-state index contributed by atoms with van der Waals surface area (Å²) in [5.74, 6) is 0.554. The van der Waals surface area contributed by atoms with Gasteiger partial charge in [-0.15, -0.1) is 11.3 Å². The van der Waals surface area contributed by atoms with Gasteiger partial charge < -0.3 is 14.8 Å². The summed E-state index contributed by atoms with van der Waals surface area (Å²) < 4.78 is 2.13. The van der Waals surface area contributed by atoms with E-state index in [0.717, 1.165) is 24.4 Å². The number of amides is 2. The van der Waals surface area contributed by atoms with Crippen molar-refractivity contribution in [1.29, 1.82) is 0 Å². The minimum atomic E-state index is 0.0630. The normalized spacial score (nSPS) is 22.4. The summed E-state index contributed by atoms with van der Waals surface area (Å²) >= 11 is 1.64. The molecule has 0 unspecified atom stereocenters. The molecule has 0 aromatic carbocycles. The summed E-state index contributed by atoms with van der Waals surface area (Å²) in [6.45, 7) is 0.830. The Morgan fingerprint density at radius 3 is 2.92 bits per heavy atom. The van der Waals surface area contributed by atoms with Crippen LogP contribution in [-0.2, 0) is 7.05 Å². The van der Waals surface area contributed by atoms with Gasteiger partial charge in [0.15, 0.2) is 0 Å². The number of urea groups is 1. The van der Waals surface area contributed by atoms with E-state index in [1.54, 1.807) is 11.3 Å². The Balaban J connectivity index is 1.52. The Kier molecular flexibility index (Phi) is 4.31. The van der Waals surface area contributed by atoms with Gasteiger partial charge in [-0.2, -0.15) is 0 Å². The van der Waals surface area contributed by atoms with Gasteiger partial charge in [0.2, 0.25) is 0 Å². The van der Waals surface area contributed by atoms with Crippen LogP contribution in [0.15, 0.2) is 29.9 Å². The summed E-state index contributed by atoms with van der Waals surface area (Å²) in [5, 5.41) is 6.32. The molecule has 4 rings (SSSR count). The highest BCUT2D eigenvalue weighted by Crippen LogP contribution is 2.42. The summed E-state index contributed by atoms with van der Waals surface area (Å²) in [6.07, 6.45) is 9.56. The van der Waals surface area contributed by atoms with Crippen LogP contribution in [-0.4, -0.2) is 27.0 Å². The molecule has 1 N–H and O–H groups in total. The fourth-order valence-electron chi connectivity index (χ4n) is 3.72. The Labute approximate surface area is 146 Å². The third-order valence-electron chi connectivity index (χ3n) is 5.18. The van der Waals surface area contributed by atoms with Gasteiger partial charge in [-0.25, -0.2) is 9.78 Å². The summed E-state index contributed by atoms with van der Waals surface area (Å²) in [6, 6.07) is 4.51. The van der Waals surface area contributed by atoms with E-state index >= 15 is 0 Å². The molecule has 3 heterocycles. The van der Waals surface area contributed by atoms with Crippen LogP contribution in [0.5, 0.6) is 0 Å². The van der Waals surface area contributed by atoms with Crippen LogP contribution in [0.3, 0.4) is 0 Å². The number of piperidine rings is 1. The Morgan fingerprint density at radius 2 is 2.25 bits per heavy atom. The summed E-state index contributed by atoms with van der Waals surface area (Å²) in [4.78, 5) is 19.5. The van der Waals surface area contributed by atoms with Gasteiger partial charge in [0.25, 0.3) is 0 Å². The van der Waals surface area contributed by atoms with Gasteiger partial charge in [-0.05, 0) is 50.2 Å². The largest absolute Gasteiger partial charge is 0.353 e. The molecule has 2 aliphatic rings. The lowest BCUT2D eigenvalue weighted by atomic mass is 9.99. The summed E-state index contributed by atoms with van der Waals surface area (Å²) in [5.41, 5.74) is 1.22. The number of carbonyl (C=O) groups excluding carboxylic acids is 1. The number of aromatic nitrogens is 2. The molecule has 2 aromatic heterocycles. The van der Waals surface area contributed by atoms with Gasteiger partial charge in [-0.1, -0.05) is 0 Å². The highest BCUT2D eigenvalue weighted by Gasteiger charge is 2.37. The third-order valence-corrected chi connectivity index (χ3v) is 6.04. The molecule has 2 aromatic rings. The molecular formula is C18H24N4OS. The molecule has 5 nitrogen and oxygen atoms in total. The SMILES string of the molecule is Cn1cccc1[C@H]1CCCCN1C(=O)N[C@@H](c1nccs1)C1CC1. The first kappa shape index (κ1) is 15.7. The van der Waals surface area contributed by atoms with Crippen molar-refractivity contribution in [2.75, 3.05) is 6.54 Å². The van der Waals surface area contributed by atoms with Crippen LogP contribution in [0.4, 0.5) is 4.79 Å². The Hall–Kier alpha value is -1.82. The summed E-state index contributed by atoms with van der Waals surface area (Å²) in [7, 11) is 2.06. The van der Waals surface area contributed by atoms with Crippen molar-refractivity contribution in [2.45, 2.75) is 44.2 Å². The van der Waals surface area contributed by atoms with Crippen molar-refractivity contribution in [1.82, 2.24) is 19.8 Å². The van der Waals surface area contributed by atoms with E-state index in [1.807, 2.05) is 16.5 Å². The van der Waals surface area contributed by atoms with Gasteiger partial charge in [0, 0.05) is 37.1 Å². The molecule has 1 saturated heterocycles. The topological polar surface area (TPSA) is 50.2 Å². The molecule has 0 radical (unpaired) electrons. The maximum atomic E-state index is 13.0.